The van der Waals surface area contributed by atoms with Crippen molar-refractivity contribution >= 4 is 0 Å². The number of ether oxygens (including phenoxy) is 2. The third-order valence-corrected chi connectivity index (χ3v) is 3.43. The smallest absolute Gasteiger partial charge is 0.128 e. The molecule has 19 heavy (non-hydrogen) atoms. The van der Waals surface area contributed by atoms with E-state index in [4.69, 9.17) is 15.2 Å². The number of hydrogen-bond donors (Lipinski definition) is 1. The molecule has 2 rings (SSSR count). The predicted molar refractivity (Wildman–Crippen MR) is 77.6 cm³/mol. The van der Waals surface area contributed by atoms with Gasteiger partial charge in [0.25, 0.3) is 0 Å². The standard InChI is InChI=1S/C16H23NO2/c1-5-11(2)10-18-12-6-7-13-14(17)9-16(3,4)19-15(13)8-12/h6-8,14H,2,5,9-10,17H2,1,3-4H3. The van der Waals surface area contributed by atoms with E-state index in [1.54, 1.807) is 0 Å². The van der Waals surface area contributed by atoms with Gasteiger partial charge in [-0.05, 0) is 31.9 Å². The summed E-state index contributed by atoms with van der Waals surface area (Å²) in [4.78, 5) is 0. The zero-order chi connectivity index (χ0) is 14.0. The van der Waals surface area contributed by atoms with Crippen molar-refractivity contribution in [2.24, 2.45) is 5.73 Å². The lowest BCUT2D eigenvalue weighted by Crippen LogP contribution is -2.37. The van der Waals surface area contributed by atoms with E-state index in [0.717, 1.165) is 35.5 Å². The predicted octanol–water partition coefficient (Wildman–Crippen LogP) is 3.59. The molecule has 0 fully saturated rings. The summed E-state index contributed by atoms with van der Waals surface area (Å²) in [5, 5.41) is 0. The average molecular weight is 261 g/mol. The quantitative estimate of drug-likeness (QED) is 0.842. The first-order valence-electron chi connectivity index (χ1n) is 6.79. The van der Waals surface area contributed by atoms with Crippen LogP contribution in [0.25, 0.3) is 0 Å². The van der Waals surface area contributed by atoms with Gasteiger partial charge in [-0.1, -0.05) is 19.6 Å². The Hall–Kier alpha value is -1.48. The molecule has 104 valence electrons. The molecule has 3 heteroatoms. The van der Waals surface area contributed by atoms with E-state index in [0.29, 0.717) is 6.61 Å². The summed E-state index contributed by atoms with van der Waals surface area (Å²) in [5.74, 6) is 1.64. The van der Waals surface area contributed by atoms with Gasteiger partial charge in [0.2, 0.25) is 0 Å². The van der Waals surface area contributed by atoms with Crippen molar-refractivity contribution in [2.45, 2.75) is 45.3 Å². The molecule has 3 nitrogen and oxygen atoms in total. The minimum Gasteiger partial charge on any atom is -0.489 e. The van der Waals surface area contributed by atoms with Crippen LogP contribution in [0.4, 0.5) is 0 Å². The lowest BCUT2D eigenvalue weighted by Gasteiger charge is -2.36. The molecule has 0 saturated carbocycles. The van der Waals surface area contributed by atoms with Crippen LogP contribution >= 0.6 is 0 Å². The lowest BCUT2D eigenvalue weighted by atomic mass is 9.90. The molecule has 0 amide bonds. The third kappa shape index (κ3) is 3.29. The summed E-state index contributed by atoms with van der Waals surface area (Å²) in [5.41, 5.74) is 8.09. The molecule has 1 aromatic carbocycles. The first-order valence-corrected chi connectivity index (χ1v) is 6.79. The second-order valence-corrected chi connectivity index (χ2v) is 5.76. The summed E-state index contributed by atoms with van der Waals surface area (Å²) in [6.45, 7) is 10.7. The van der Waals surface area contributed by atoms with E-state index < -0.39 is 0 Å². The summed E-state index contributed by atoms with van der Waals surface area (Å²) >= 11 is 0. The maximum atomic E-state index is 6.18. The fourth-order valence-corrected chi connectivity index (χ4v) is 2.27. The Morgan fingerprint density at radius 1 is 1.53 bits per heavy atom. The van der Waals surface area contributed by atoms with Crippen LogP contribution in [0, 0.1) is 0 Å². The number of fused-ring (bicyclic) bond motifs is 1. The van der Waals surface area contributed by atoms with Crippen molar-refractivity contribution in [3.63, 3.8) is 0 Å². The van der Waals surface area contributed by atoms with Gasteiger partial charge in [-0.25, -0.2) is 0 Å². The molecule has 1 unspecified atom stereocenters. The highest BCUT2D eigenvalue weighted by Gasteiger charge is 2.31. The van der Waals surface area contributed by atoms with Crippen molar-refractivity contribution in [3.8, 4) is 11.5 Å². The van der Waals surface area contributed by atoms with Gasteiger partial charge in [0.1, 0.15) is 23.7 Å². The minimum absolute atomic E-state index is 0.0263. The zero-order valence-corrected chi connectivity index (χ0v) is 12.0. The van der Waals surface area contributed by atoms with Crippen molar-refractivity contribution in [3.05, 3.63) is 35.9 Å². The Balaban J connectivity index is 2.16. The van der Waals surface area contributed by atoms with E-state index in [-0.39, 0.29) is 11.6 Å². The van der Waals surface area contributed by atoms with Crippen molar-refractivity contribution in [1.82, 2.24) is 0 Å². The fourth-order valence-electron chi connectivity index (χ4n) is 2.27. The van der Waals surface area contributed by atoms with Gasteiger partial charge in [-0.15, -0.1) is 0 Å². The van der Waals surface area contributed by atoms with Gasteiger partial charge in [-0.3, -0.25) is 0 Å². The molecule has 0 spiro atoms. The SMILES string of the molecule is C=C(CC)COc1ccc2c(c1)OC(C)(C)CC2N. The molecule has 1 aliphatic heterocycles. The van der Waals surface area contributed by atoms with Crippen LogP contribution < -0.4 is 15.2 Å². The second-order valence-electron chi connectivity index (χ2n) is 5.76. The molecule has 0 radical (unpaired) electrons. The molecule has 2 N–H and O–H groups in total. The Labute approximate surface area is 115 Å². The van der Waals surface area contributed by atoms with Gasteiger partial charge in [0.05, 0.1) is 0 Å². The first-order chi connectivity index (χ1) is 8.91. The summed E-state index contributed by atoms with van der Waals surface area (Å²) < 4.78 is 11.7. The number of rotatable bonds is 4. The average Bonchev–Trinajstić information content (AvgIpc) is 2.33. The van der Waals surface area contributed by atoms with E-state index in [9.17, 15) is 0 Å². The van der Waals surface area contributed by atoms with Crippen LogP contribution in [0.2, 0.25) is 0 Å². The fraction of sp³-hybridized carbons (Fsp3) is 0.500. The van der Waals surface area contributed by atoms with Gasteiger partial charge in [0.15, 0.2) is 0 Å². The third-order valence-electron chi connectivity index (χ3n) is 3.43. The summed E-state index contributed by atoms with van der Waals surface area (Å²) in [6.07, 6.45) is 1.76. The first kappa shape index (κ1) is 13.9. The Bertz CT molecular complexity index is 480. The Morgan fingerprint density at radius 2 is 2.26 bits per heavy atom. The van der Waals surface area contributed by atoms with Crippen LogP contribution in [-0.2, 0) is 0 Å². The molecule has 0 saturated heterocycles. The highest BCUT2D eigenvalue weighted by molar-refractivity contribution is 5.44. The van der Waals surface area contributed by atoms with Gasteiger partial charge >= 0.3 is 0 Å². The van der Waals surface area contributed by atoms with E-state index in [1.165, 1.54) is 0 Å². The highest BCUT2D eigenvalue weighted by Crippen LogP contribution is 2.39. The number of benzene rings is 1. The van der Waals surface area contributed by atoms with Gasteiger partial charge < -0.3 is 15.2 Å². The number of nitrogens with two attached hydrogens (primary N) is 1. The molecule has 1 aliphatic rings. The second kappa shape index (κ2) is 5.25. The largest absolute Gasteiger partial charge is 0.489 e. The molecule has 1 heterocycles. The van der Waals surface area contributed by atoms with Crippen LogP contribution in [-0.4, -0.2) is 12.2 Å². The Kier molecular flexibility index (Phi) is 3.85. The normalized spacial score (nSPS) is 20.3. The maximum Gasteiger partial charge on any atom is 0.128 e. The highest BCUT2D eigenvalue weighted by atomic mass is 16.5. The van der Waals surface area contributed by atoms with Crippen molar-refractivity contribution in [1.29, 1.82) is 0 Å². The van der Waals surface area contributed by atoms with E-state index in [1.807, 2.05) is 18.2 Å². The van der Waals surface area contributed by atoms with Crippen LogP contribution in [0.5, 0.6) is 11.5 Å². The number of hydrogen-bond acceptors (Lipinski definition) is 3. The molecular weight excluding hydrogens is 238 g/mol. The monoisotopic (exact) mass is 261 g/mol. The summed E-state index contributed by atoms with van der Waals surface area (Å²) in [7, 11) is 0. The molecule has 1 aromatic rings. The topological polar surface area (TPSA) is 44.5 Å². The van der Waals surface area contributed by atoms with Crippen molar-refractivity contribution in [2.75, 3.05) is 6.61 Å². The van der Waals surface area contributed by atoms with Crippen molar-refractivity contribution < 1.29 is 9.47 Å². The zero-order valence-electron chi connectivity index (χ0n) is 12.0. The maximum absolute atomic E-state index is 6.18. The van der Waals surface area contributed by atoms with E-state index >= 15 is 0 Å². The van der Waals surface area contributed by atoms with E-state index in [2.05, 4.69) is 27.4 Å². The van der Waals surface area contributed by atoms with Gasteiger partial charge in [0, 0.05) is 24.1 Å². The molecule has 0 bridgehead atoms. The lowest BCUT2D eigenvalue weighted by molar-refractivity contribution is 0.0725. The van der Waals surface area contributed by atoms with Crippen LogP contribution in [0.3, 0.4) is 0 Å². The van der Waals surface area contributed by atoms with Crippen LogP contribution in [0.15, 0.2) is 30.4 Å². The molecule has 0 aliphatic carbocycles. The Morgan fingerprint density at radius 3 is 2.95 bits per heavy atom. The summed E-state index contributed by atoms with van der Waals surface area (Å²) in [6, 6.07) is 5.90. The minimum atomic E-state index is -0.224. The van der Waals surface area contributed by atoms with Gasteiger partial charge in [-0.2, -0.15) is 0 Å². The molecule has 1 atom stereocenters. The molecule has 0 aromatic heterocycles. The molecular formula is C16H23NO2. The van der Waals surface area contributed by atoms with Crippen LogP contribution in [0.1, 0.15) is 45.2 Å².